The molecule has 0 bridgehead atoms. The number of rotatable bonds is 3. The number of nitrogens with zero attached hydrogens (tertiary/aromatic N) is 1. The minimum absolute atomic E-state index is 0.0500. The second-order valence-corrected chi connectivity index (χ2v) is 9.05. The zero-order valence-corrected chi connectivity index (χ0v) is 18.3. The van der Waals surface area contributed by atoms with E-state index >= 15 is 0 Å². The van der Waals surface area contributed by atoms with E-state index in [2.05, 4.69) is 79.9 Å². The van der Waals surface area contributed by atoms with E-state index in [0.29, 0.717) is 6.42 Å². The second-order valence-electron chi connectivity index (χ2n) is 9.05. The molecule has 5 heteroatoms. The largest absolute Gasteiger partial charge is 0.375 e. The Balaban J connectivity index is 1.35. The maximum Gasteiger partial charge on any atom is 0.243 e. The molecule has 0 saturated carbocycles. The fraction of sp³-hybridized carbons (Fsp3) is 0.385. The molecule has 1 saturated heterocycles. The molecular weight excluding hydrogens is 386 g/mol. The lowest BCUT2D eigenvalue weighted by Crippen LogP contribution is -2.48. The summed E-state index contributed by atoms with van der Waals surface area (Å²) in [6.45, 7) is 6.27. The van der Waals surface area contributed by atoms with Gasteiger partial charge in [0.25, 0.3) is 0 Å². The van der Waals surface area contributed by atoms with E-state index in [1.54, 1.807) is 0 Å². The molecule has 2 N–H and O–H groups in total. The van der Waals surface area contributed by atoms with Crippen LogP contribution in [-0.2, 0) is 16.0 Å². The maximum atomic E-state index is 12.9. The Morgan fingerprint density at radius 2 is 1.87 bits per heavy atom. The Hall–Kier alpha value is -2.92. The summed E-state index contributed by atoms with van der Waals surface area (Å²) in [6, 6.07) is 16.9. The highest BCUT2D eigenvalue weighted by atomic mass is 16.5. The zero-order valence-electron chi connectivity index (χ0n) is 18.3. The summed E-state index contributed by atoms with van der Waals surface area (Å²) in [4.78, 5) is 17.7. The van der Waals surface area contributed by atoms with E-state index in [4.69, 9.17) is 9.72 Å². The van der Waals surface area contributed by atoms with Crippen molar-refractivity contribution >= 4 is 22.6 Å². The van der Waals surface area contributed by atoms with Crippen LogP contribution >= 0.6 is 0 Å². The second kappa shape index (κ2) is 7.97. The number of aromatic nitrogens is 1. The number of anilines is 1. The summed E-state index contributed by atoms with van der Waals surface area (Å²) < 4.78 is 5.79. The lowest BCUT2D eigenvalue weighted by atomic mass is 9.98. The maximum absolute atomic E-state index is 12.9. The molecule has 2 unspecified atom stereocenters. The summed E-state index contributed by atoms with van der Waals surface area (Å²) in [7, 11) is 0. The van der Waals surface area contributed by atoms with Crippen molar-refractivity contribution in [2.24, 2.45) is 0 Å². The Morgan fingerprint density at radius 3 is 2.65 bits per heavy atom. The first-order chi connectivity index (χ1) is 15.0. The molecule has 3 atom stereocenters. The fourth-order valence-corrected chi connectivity index (χ4v) is 4.98. The quantitative estimate of drug-likeness (QED) is 0.655. The van der Waals surface area contributed by atoms with Crippen LogP contribution in [0.3, 0.4) is 0 Å². The molecule has 31 heavy (non-hydrogen) atoms. The van der Waals surface area contributed by atoms with E-state index in [0.717, 1.165) is 35.1 Å². The standard InChI is InChI=1S/C26H29N3O2/c1-15-6-4-5-7-22(15)18-8-9-23-19(12-18)13-20-14-24(29-25(20)28-23)26(30)27-21-10-16(2)31-17(3)11-21/h4-9,12-13,16-17,21,24H,10-11,14H2,1-3H3,(H,27,30)(H,28,29)/t16?,17?,21?,24-/m1/s1. The van der Waals surface area contributed by atoms with Crippen molar-refractivity contribution in [3.05, 3.63) is 59.7 Å². The SMILES string of the molecule is Cc1ccccc1-c1ccc2nc3c(cc2c1)C[C@H](C(=O)NC1CC(C)OC(C)C1)N3. The van der Waals surface area contributed by atoms with Gasteiger partial charge in [0.1, 0.15) is 11.9 Å². The number of fused-ring (bicyclic) bond motifs is 2. The molecule has 1 aromatic heterocycles. The van der Waals surface area contributed by atoms with Crippen LogP contribution in [0.2, 0.25) is 0 Å². The van der Waals surface area contributed by atoms with Gasteiger partial charge in [0.05, 0.1) is 17.7 Å². The van der Waals surface area contributed by atoms with Crippen molar-refractivity contribution < 1.29 is 9.53 Å². The number of amides is 1. The van der Waals surface area contributed by atoms with Crippen molar-refractivity contribution in [3.63, 3.8) is 0 Å². The monoisotopic (exact) mass is 415 g/mol. The van der Waals surface area contributed by atoms with Gasteiger partial charge in [-0.1, -0.05) is 30.3 Å². The average Bonchev–Trinajstić information content (AvgIpc) is 3.14. The Labute approximate surface area is 183 Å². The van der Waals surface area contributed by atoms with Crippen LogP contribution in [0.25, 0.3) is 22.0 Å². The number of aryl methyl sites for hydroxylation is 1. The summed E-state index contributed by atoms with van der Waals surface area (Å²) in [5, 5.41) is 7.67. The van der Waals surface area contributed by atoms with Gasteiger partial charge in [0.2, 0.25) is 5.91 Å². The number of hydrogen-bond donors (Lipinski definition) is 2. The van der Waals surface area contributed by atoms with Gasteiger partial charge < -0.3 is 15.4 Å². The highest BCUT2D eigenvalue weighted by molar-refractivity contribution is 5.91. The van der Waals surface area contributed by atoms with Crippen molar-refractivity contribution in [1.29, 1.82) is 0 Å². The fourth-order valence-electron chi connectivity index (χ4n) is 4.98. The van der Waals surface area contributed by atoms with E-state index in [1.807, 2.05) is 0 Å². The molecule has 1 fully saturated rings. The number of pyridine rings is 1. The summed E-state index contributed by atoms with van der Waals surface area (Å²) in [5.74, 6) is 0.874. The van der Waals surface area contributed by atoms with E-state index in [9.17, 15) is 4.79 Å². The normalized spacial score (nSPS) is 25.1. The van der Waals surface area contributed by atoms with Crippen LogP contribution in [0.5, 0.6) is 0 Å². The van der Waals surface area contributed by atoms with Crippen LogP contribution in [-0.4, -0.2) is 35.2 Å². The molecule has 2 aliphatic rings. The minimum atomic E-state index is -0.274. The van der Waals surface area contributed by atoms with Crippen molar-refractivity contribution in [1.82, 2.24) is 10.3 Å². The molecule has 2 aromatic carbocycles. The van der Waals surface area contributed by atoms with Crippen LogP contribution in [0.1, 0.15) is 37.8 Å². The molecule has 2 aliphatic heterocycles. The first-order valence-corrected chi connectivity index (χ1v) is 11.2. The number of nitrogens with one attached hydrogen (secondary N) is 2. The number of carbonyl (C=O) groups is 1. The summed E-state index contributed by atoms with van der Waals surface area (Å²) >= 11 is 0. The Bertz CT molecular complexity index is 1130. The average molecular weight is 416 g/mol. The molecule has 0 spiro atoms. The van der Waals surface area contributed by atoms with Gasteiger partial charge in [-0.15, -0.1) is 0 Å². The Morgan fingerprint density at radius 1 is 1.10 bits per heavy atom. The van der Waals surface area contributed by atoms with Gasteiger partial charge in [-0.05, 0) is 74.1 Å². The van der Waals surface area contributed by atoms with Gasteiger partial charge in [-0.25, -0.2) is 4.98 Å². The molecule has 0 aliphatic carbocycles. The lowest BCUT2D eigenvalue weighted by Gasteiger charge is -2.33. The van der Waals surface area contributed by atoms with E-state index in [-0.39, 0.29) is 30.2 Å². The van der Waals surface area contributed by atoms with E-state index < -0.39 is 0 Å². The molecule has 0 radical (unpaired) electrons. The van der Waals surface area contributed by atoms with Gasteiger partial charge in [0, 0.05) is 17.8 Å². The third-order valence-electron chi connectivity index (χ3n) is 6.45. The third-order valence-corrected chi connectivity index (χ3v) is 6.45. The highest BCUT2D eigenvalue weighted by Crippen LogP contribution is 2.31. The first-order valence-electron chi connectivity index (χ1n) is 11.2. The summed E-state index contributed by atoms with van der Waals surface area (Å²) in [6.07, 6.45) is 2.74. The molecule has 3 aromatic rings. The van der Waals surface area contributed by atoms with Crippen LogP contribution in [0, 0.1) is 6.92 Å². The van der Waals surface area contributed by atoms with Crippen LogP contribution in [0.15, 0.2) is 48.5 Å². The zero-order chi connectivity index (χ0) is 21.5. The molecule has 3 heterocycles. The number of hydrogen-bond acceptors (Lipinski definition) is 4. The van der Waals surface area contributed by atoms with Gasteiger partial charge in [0.15, 0.2) is 0 Å². The number of benzene rings is 2. The van der Waals surface area contributed by atoms with E-state index in [1.165, 1.54) is 16.7 Å². The molecule has 5 nitrogen and oxygen atoms in total. The first kappa shape index (κ1) is 20.0. The summed E-state index contributed by atoms with van der Waals surface area (Å²) in [5.41, 5.74) is 5.72. The smallest absolute Gasteiger partial charge is 0.243 e. The lowest BCUT2D eigenvalue weighted by molar-refractivity contribution is -0.124. The highest BCUT2D eigenvalue weighted by Gasteiger charge is 2.32. The minimum Gasteiger partial charge on any atom is -0.375 e. The van der Waals surface area contributed by atoms with Gasteiger partial charge in [-0.3, -0.25) is 4.79 Å². The molecule has 160 valence electrons. The van der Waals surface area contributed by atoms with Crippen LogP contribution < -0.4 is 10.6 Å². The van der Waals surface area contributed by atoms with Crippen molar-refractivity contribution in [2.45, 2.75) is 64.3 Å². The predicted octanol–water partition coefficient (Wildman–Crippen LogP) is 4.62. The molecule has 5 rings (SSSR count). The number of ether oxygens (including phenoxy) is 1. The topological polar surface area (TPSA) is 63.2 Å². The third kappa shape index (κ3) is 4.02. The predicted molar refractivity (Wildman–Crippen MR) is 124 cm³/mol. The molecular formula is C26H29N3O2. The molecule has 1 amide bonds. The van der Waals surface area contributed by atoms with Crippen LogP contribution in [0.4, 0.5) is 5.82 Å². The van der Waals surface area contributed by atoms with Crippen molar-refractivity contribution in [3.8, 4) is 11.1 Å². The number of carbonyl (C=O) groups excluding carboxylic acids is 1. The van der Waals surface area contributed by atoms with Gasteiger partial charge in [-0.2, -0.15) is 0 Å². The van der Waals surface area contributed by atoms with Gasteiger partial charge >= 0.3 is 0 Å². The Kier molecular flexibility index (Phi) is 5.14. The van der Waals surface area contributed by atoms with Crippen molar-refractivity contribution in [2.75, 3.05) is 5.32 Å².